The fraction of sp³-hybridized carbons (Fsp3) is 0. The Balaban J connectivity index is 1.96. The lowest BCUT2D eigenvalue weighted by atomic mass is 10.1. The second kappa shape index (κ2) is 4.97. The minimum absolute atomic E-state index is 0.150. The molecule has 0 radical (unpaired) electrons. The Morgan fingerprint density at radius 3 is 2.45 bits per heavy atom. The van der Waals surface area contributed by atoms with E-state index in [1.165, 1.54) is 0 Å². The molecule has 2 aromatic carbocycles. The fourth-order valence-electron chi connectivity index (χ4n) is 1.99. The Morgan fingerprint density at radius 2 is 1.65 bits per heavy atom. The molecule has 6 heteroatoms. The van der Waals surface area contributed by atoms with E-state index in [1.54, 1.807) is 6.07 Å². The summed E-state index contributed by atoms with van der Waals surface area (Å²) in [5.74, 6) is 1.06. The minimum Gasteiger partial charge on any atom is -0.383 e. The van der Waals surface area contributed by atoms with Crippen molar-refractivity contribution < 1.29 is 0 Å². The van der Waals surface area contributed by atoms with Gasteiger partial charge in [0.15, 0.2) is 0 Å². The number of nitrogens with two attached hydrogens (primary N) is 2. The number of benzene rings is 2. The highest BCUT2D eigenvalue weighted by atomic mass is 79.9. The van der Waals surface area contributed by atoms with Crippen LogP contribution < -0.4 is 16.8 Å². The molecule has 3 aromatic rings. The van der Waals surface area contributed by atoms with Gasteiger partial charge in [0.1, 0.15) is 11.6 Å². The molecule has 0 aliphatic rings. The third kappa shape index (κ3) is 2.65. The number of nitrogens with zero attached hydrogens (tertiary/aromatic N) is 2. The third-order valence-electron chi connectivity index (χ3n) is 2.84. The molecule has 3 rings (SSSR count). The van der Waals surface area contributed by atoms with E-state index in [2.05, 4.69) is 37.3 Å². The van der Waals surface area contributed by atoms with Gasteiger partial charge in [-0.2, -0.15) is 9.97 Å². The first-order valence-electron chi connectivity index (χ1n) is 5.96. The summed E-state index contributed by atoms with van der Waals surface area (Å²) < 4.78 is 1.06. The molecule has 100 valence electrons. The van der Waals surface area contributed by atoms with E-state index < -0.39 is 0 Å². The van der Waals surface area contributed by atoms with Crippen LogP contribution in [0.4, 0.5) is 23.3 Å². The van der Waals surface area contributed by atoms with Gasteiger partial charge in [-0.3, -0.25) is 0 Å². The summed E-state index contributed by atoms with van der Waals surface area (Å²) in [5.41, 5.74) is 12.1. The molecule has 0 aliphatic heterocycles. The predicted octanol–water partition coefficient (Wildman–Crippen LogP) is 3.30. The van der Waals surface area contributed by atoms with Crippen molar-refractivity contribution in [1.29, 1.82) is 0 Å². The first kappa shape index (κ1) is 12.7. The van der Waals surface area contributed by atoms with Crippen LogP contribution in [0.1, 0.15) is 0 Å². The van der Waals surface area contributed by atoms with Crippen molar-refractivity contribution in [3.05, 3.63) is 46.9 Å². The Labute approximate surface area is 124 Å². The van der Waals surface area contributed by atoms with Crippen molar-refractivity contribution in [1.82, 2.24) is 9.97 Å². The molecule has 0 amide bonds. The van der Waals surface area contributed by atoms with Gasteiger partial charge in [-0.25, -0.2) is 0 Å². The molecule has 0 saturated carbocycles. The summed E-state index contributed by atoms with van der Waals surface area (Å²) in [7, 11) is 0. The summed E-state index contributed by atoms with van der Waals surface area (Å²) in [4.78, 5) is 7.93. The lowest BCUT2D eigenvalue weighted by Crippen LogP contribution is -2.02. The Hall–Kier alpha value is -2.34. The Morgan fingerprint density at radius 1 is 0.900 bits per heavy atom. The molecule has 0 bridgehead atoms. The molecule has 0 atom stereocenters. The number of nitrogens with one attached hydrogen (secondary N) is 1. The fourth-order valence-corrected chi connectivity index (χ4v) is 2.37. The first-order valence-corrected chi connectivity index (χ1v) is 6.76. The van der Waals surface area contributed by atoms with Crippen LogP contribution in [0, 0.1) is 0 Å². The smallest absolute Gasteiger partial charge is 0.223 e. The largest absolute Gasteiger partial charge is 0.383 e. The molecule has 0 spiro atoms. The molecule has 0 unspecified atom stereocenters. The molecule has 5 nitrogen and oxygen atoms in total. The van der Waals surface area contributed by atoms with E-state index in [-0.39, 0.29) is 5.95 Å². The standard InChI is InChI=1S/C14H12BrN5/c15-10-3-1-9-6-11(4-2-8(9)5-10)18-13-7-12(16)19-14(17)20-13/h1-7H,(H5,16,17,18,19,20). The van der Waals surface area contributed by atoms with Gasteiger partial charge in [-0.05, 0) is 35.0 Å². The summed E-state index contributed by atoms with van der Waals surface area (Å²) in [6.07, 6.45) is 0. The highest BCUT2D eigenvalue weighted by Crippen LogP contribution is 2.24. The number of anilines is 4. The maximum Gasteiger partial charge on any atom is 0.223 e. The topological polar surface area (TPSA) is 89.8 Å². The normalized spacial score (nSPS) is 10.7. The summed E-state index contributed by atoms with van der Waals surface area (Å²) in [5, 5.41) is 5.46. The van der Waals surface area contributed by atoms with E-state index in [0.717, 1.165) is 20.9 Å². The summed E-state index contributed by atoms with van der Waals surface area (Å²) in [6.45, 7) is 0. The average Bonchev–Trinajstić information content (AvgIpc) is 2.38. The first-order chi connectivity index (χ1) is 9.60. The van der Waals surface area contributed by atoms with Gasteiger partial charge in [0.05, 0.1) is 0 Å². The number of rotatable bonds is 2. The molecule has 0 fully saturated rings. The molecule has 20 heavy (non-hydrogen) atoms. The second-order valence-electron chi connectivity index (χ2n) is 4.37. The van der Waals surface area contributed by atoms with Gasteiger partial charge in [0.2, 0.25) is 5.95 Å². The van der Waals surface area contributed by atoms with E-state index in [4.69, 9.17) is 11.5 Å². The van der Waals surface area contributed by atoms with E-state index >= 15 is 0 Å². The van der Waals surface area contributed by atoms with Crippen molar-refractivity contribution in [2.75, 3.05) is 16.8 Å². The van der Waals surface area contributed by atoms with Crippen molar-refractivity contribution in [3.8, 4) is 0 Å². The van der Waals surface area contributed by atoms with Crippen molar-refractivity contribution in [2.45, 2.75) is 0 Å². The Bertz CT molecular complexity index is 767. The van der Waals surface area contributed by atoms with Crippen molar-refractivity contribution >= 4 is 50.0 Å². The van der Waals surface area contributed by atoms with Crippen LogP contribution in [0.3, 0.4) is 0 Å². The predicted molar refractivity (Wildman–Crippen MR) is 85.8 cm³/mol. The zero-order chi connectivity index (χ0) is 14.1. The van der Waals surface area contributed by atoms with Gasteiger partial charge >= 0.3 is 0 Å². The average molecular weight is 330 g/mol. The summed E-state index contributed by atoms with van der Waals surface area (Å²) in [6, 6.07) is 13.8. The number of hydrogen-bond donors (Lipinski definition) is 3. The van der Waals surface area contributed by atoms with E-state index in [0.29, 0.717) is 11.6 Å². The van der Waals surface area contributed by atoms with Crippen molar-refractivity contribution in [3.63, 3.8) is 0 Å². The third-order valence-corrected chi connectivity index (χ3v) is 3.33. The molecule has 1 heterocycles. The van der Waals surface area contributed by atoms with E-state index in [9.17, 15) is 0 Å². The zero-order valence-electron chi connectivity index (χ0n) is 10.5. The number of aromatic nitrogens is 2. The van der Waals surface area contributed by atoms with Gasteiger partial charge in [0.25, 0.3) is 0 Å². The lowest BCUT2D eigenvalue weighted by Gasteiger charge is -2.08. The Kier molecular flexibility index (Phi) is 3.15. The highest BCUT2D eigenvalue weighted by Gasteiger charge is 2.02. The molecule has 1 aromatic heterocycles. The van der Waals surface area contributed by atoms with Crippen LogP contribution in [0.15, 0.2) is 46.9 Å². The van der Waals surface area contributed by atoms with Gasteiger partial charge < -0.3 is 16.8 Å². The maximum atomic E-state index is 5.64. The summed E-state index contributed by atoms with van der Waals surface area (Å²) >= 11 is 3.46. The number of hydrogen-bond acceptors (Lipinski definition) is 5. The monoisotopic (exact) mass is 329 g/mol. The number of nitrogen functional groups attached to an aromatic ring is 2. The van der Waals surface area contributed by atoms with Crippen molar-refractivity contribution in [2.24, 2.45) is 0 Å². The highest BCUT2D eigenvalue weighted by molar-refractivity contribution is 9.10. The minimum atomic E-state index is 0.150. The van der Waals surface area contributed by atoms with Crippen LogP contribution in [-0.4, -0.2) is 9.97 Å². The second-order valence-corrected chi connectivity index (χ2v) is 5.28. The molecule has 0 aliphatic carbocycles. The lowest BCUT2D eigenvalue weighted by molar-refractivity contribution is 1.19. The van der Waals surface area contributed by atoms with Crippen LogP contribution in [0.5, 0.6) is 0 Å². The maximum absolute atomic E-state index is 5.64. The quantitative estimate of drug-likeness (QED) is 0.671. The van der Waals surface area contributed by atoms with E-state index in [1.807, 2.05) is 30.3 Å². The van der Waals surface area contributed by atoms with Crippen LogP contribution in [0.25, 0.3) is 10.8 Å². The van der Waals surface area contributed by atoms with Crippen LogP contribution in [0.2, 0.25) is 0 Å². The van der Waals surface area contributed by atoms with Gasteiger partial charge in [0, 0.05) is 16.2 Å². The van der Waals surface area contributed by atoms with Crippen LogP contribution in [-0.2, 0) is 0 Å². The van der Waals surface area contributed by atoms with Gasteiger partial charge in [-0.1, -0.05) is 28.1 Å². The van der Waals surface area contributed by atoms with Crippen LogP contribution >= 0.6 is 15.9 Å². The number of fused-ring (bicyclic) bond motifs is 1. The zero-order valence-corrected chi connectivity index (χ0v) is 12.1. The molecular weight excluding hydrogens is 318 g/mol. The molecule has 5 N–H and O–H groups in total. The SMILES string of the molecule is Nc1cc(Nc2ccc3cc(Br)ccc3c2)nc(N)n1. The molecular formula is C14H12BrN5. The number of halogens is 1. The molecule has 0 saturated heterocycles. The van der Waals surface area contributed by atoms with Gasteiger partial charge in [-0.15, -0.1) is 0 Å².